The highest BCUT2D eigenvalue weighted by molar-refractivity contribution is 5.97. The zero-order valence-electron chi connectivity index (χ0n) is 15.7. The van der Waals surface area contributed by atoms with E-state index in [1.165, 1.54) is 4.68 Å². The van der Waals surface area contributed by atoms with Gasteiger partial charge in [0.05, 0.1) is 12.8 Å². The summed E-state index contributed by atoms with van der Waals surface area (Å²) in [4.78, 5) is 17.6. The molecule has 0 saturated heterocycles. The smallest absolute Gasteiger partial charge is 0.281 e. The Morgan fingerprint density at radius 1 is 1.04 bits per heavy atom. The van der Waals surface area contributed by atoms with E-state index in [0.29, 0.717) is 23.9 Å². The number of nitrogens with zero attached hydrogens (tertiary/aromatic N) is 3. The topological polar surface area (TPSA) is 73.0 Å². The maximum atomic E-state index is 13.1. The Kier molecular flexibility index (Phi) is 4.76. The summed E-state index contributed by atoms with van der Waals surface area (Å²) in [5.74, 6) is 1.37. The molecule has 1 N–H and O–H groups in total. The molecule has 140 valence electrons. The fourth-order valence-electron chi connectivity index (χ4n) is 2.87. The molecule has 2 aromatic heterocycles. The number of hydrogen-bond donors (Lipinski definition) is 1. The quantitative estimate of drug-likeness (QED) is 0.560. The number of furan rings is 1. The second-order valence-electron chi connectivity index (χ2n) is 6.64. The first kappa shape index (κ1) is 17.7. The van der Waals surface area contributed by atoms with Gasteiger partial charge in [0.25, 0.3) is 5.91 Å². The van der Waals surface area contributed by atoms with Gasteiger partial charge in [-0.2, -0.15) is 9.67 Å². The van der Waals surface area contributed by atoms with E-state index in [2.05, 4.69) is 15.4 Å². The van der Waals surface area contributed by atoms with Crippen molar-refractivity contribution in [3.63, 3.8) is 0 Å². The van der Waals surface area contributed by atoms with Crippen LogP contribution in [-0.2, 0) is 6.54 Å². The van der Waals surface area contributed by atoms with Gasteiger partial charge in [0.1, 0.15) is 5.76 Å². The standard InChI is InChI=1S/C22H20N4O2/c1-15-8-10-17(11-9-15)20-24-22(23-14-19-7-4-12-28-19)26(25-20)21(27)18-6-3-5-16(2)13-18/h3-13H,14H2,1-2H3,(H,23,24,25). The monoisotopic (exact) mass is 372 g/mol. The van der Waals surface area contributed by atoms with E-state index in [-0.39, 0.29) is 5.91 Å². The van der Waals surface area contributed by atoms with Crippen LogP contribution in [-0.4, -0.2) is 20.7 Å². The third-order valence-corrected chi connectivity index (χ3v) is 4.38. The van der Waals surface area contributed by atoms with Crippen molar-refractivity contribution in [1.29, 1.82) is 0 Å². The number of rotatable bonds is 5. The van der Waals surface area contributed by atoms with Crippen molar-refractivity contribution < 1.29 is 9.21 Å². The third-order valence-electron chi connectivity index (χ3n) is 4.38. The van der Waals surface area contributed by atoms with Crippen molar-refractivity contribution in [3.05, 3.63) is 89.4 Å². The molecular formula is C22H20N4O2. The predicted octanol–water partition coefficient (Wildman–Crippen LogP) is 4.46. The van der Waals surface area contributed by atoms with Crippen molar-refractivity contribution in [1.82, 2.24) is 14.8 Å². The van der Waals surface area contributed by atoms with Crippen LogP contribution >= 0.6 is 0 Å². The zero-order chi connectivity index (χ0) is 19.5. The van der Waals surface area contributed by atoms with Crippen LogP contribution in [0.2, 0.25) is 0 Å². The summed E-state index contributed by atoms with van der Waals surface area (Å²) in [6.45, 7) is 4.37. The van der Waals surface area contributed by atoms with E-state index in [9.17, 15) is 4.79 Å². The summed E-state index contributed by atoms with van der Waals surface area (Å²) < 4.78 is 6.67. The van der Waals surface area contributed by atoms with Crippen molar-refractivity contribution in [3.8, 4) is 11.4 Å². The first-order valence-electron chi connectivity index (χ1n) is 9.02. The van der Waals surface area contributed by atoms with Gasteiger partial charge in [-0.25, -0.2) is 0 Å². The summed E-state index contributed by atoms with van der Waals surface area (Å²) in [5.41, 5.74) is 3.56. The van der Waals surface area contributed by atoms with Gasteiger partial charge in [0.15, 0.2) is 5.82 Å². The predicted molar refractivity (Wildman–Crippen MR) is 107 cm³/mol. The van der Waals surface area contributed by atoms with Crippen LogP contribution in [0.1, 0.15) is 27.2 Å². The van der Waals surface area contributed by atoms with E-state index in [1.807, 2.05) is 68.4 Å². The molecule has 6 nitrogen and oxygen atoms in total. The van der Waals surface area contributed by atoms with Gasteiger partial charge in [-0.15, -0.1) is 5.10 Å². The van der Waals surface area contributed by atoms with Gasteiger partial charge in [-0.05, 0) is 38.1 Å². The summed E-state index contributed by atoms with van der Waals surface area (Å²) in [7, 11) is 0. The highest BCUT2D eigenvalue weighted by Gasteiger charge is 2.19. The van der Waals surface area contributed by atoms with Crippen LogP contribution in [0, 0.1) is 13.8 Å². The molecule has 0 fully saturated rings. The second-order valence-corrected chi connectivity index (χ2v) is 6.64. The Balaban J connectivity index is 1.71. The van der Waals surface area contributed by atoms with E-state index in [1.54, 1.807) is 12.3 Å². The fraction of sp³-hybridized carbons (Fsp3) is 0.136. The molecule has 0 spiro atoms. The van der Waals surface area contributed by atoms with Gasteiger partial charge >= 0.3 is 0 Å². The Morgan fingerprint density at radius 3 is 2.57 bits per heavy atom. The molecule has 4 rings (SSSR count). The molecule has 0 atom stereocenters. The molecule has 2 heterocycles. The first-order chi connectivity index (χ1) is 13.6. The lowest BCUT2D eigenvalue weighted by Gasteiger charge is -2.06. The molecular weight excluding hydrogens is 352 g/mol. The molecule has 28 heavy (non-hydrogen) atoms. The number of carbonyl (C=O) groups is 1. The minimum Gasteiger partial charge on any atom is -0.467 e. The third kappa shape index (κ3) is 3.71. The van der Waals surface area contributed by atoms with E-state index in [0.717, 1.165) is 22.5 Å². The molecule has 2 aromatic carbocycles. The highest BCUT2D eigenvalue weighted by atomic mass is 16.3. The van der Waals surface area contributed by atoms with Crippen LogP contribution in [0.4, 0.5) is 5.95 Å². The lowest BCUT2D eigenvalue weighted by Crippen LogP contribution is -2.17. The van der Waals surface area contributed by atoms with Crippen molar-refractivity contribution in [2.75, 3.05) is 5.32 Å². The minimum atomic E-state index is -0.239. The van der Waals surface area contributed by atoms with Crippen molar-refractivity contribution >= 4 is 11.9 Å². The maximum Gasteiger partial charge on any atom is 0.281 e. The number of anilines is 1. The minimum absolute atomic E-state index is 0.239. The Hall–Kier alpha value is -3.67. The molecule has 6 heteroatoms. The van der Waals surface area contributed by atoms with Gasteiger partial charge in [-0.1, -0.05) is 47.5 Å². The van der Waals surface area contributed by atoms with Crippen molar-refractivity contribution in [2.24, 2.45) is 0 Å². The van der Waals surface area contributed by atoms with Crippen LogP contribution < -0.4 is 5.32 Å². The Bertz CT molecular complexity index is 1100. The number of nitrogens with one attached hydrogen (secondary N) is 1. The van der Waals surface area contributed by atoms with Crippen LogP contribution in [0.3, 0.4) is 0 Å². The largest absolute Gasteiger partial charge is 0.467 e. The van der Waals surface area contributed by atoms with E-state index < -0.39 is 0 Å². The number of carbonyl (C=O) groups excluding carboxylic acids is 1. The molecule has 0 amide bonds. The number of aryl methyl sites for hydroxylation is 2. The van der Waals surface area contributed by atoms with Crippen LogP contribution in [0.25, 0.3) is 11.4 Å². The molecule has 0 aliphatic heterocycles. The first-order valence-corrected chi connectivity index (χ1v) is 9.02. The SMILES string of the molecule is Cc1ccc(-c2nc(NCc3ccco3)n(C(=O)c3cccc(C)c3)n2)cc1. The Morgan fingerprint density at radius 2 is 1.86 bits per heavy atom. The second kappa shape index (κ2) is 7.52. The average molecular weight is 372 g/mol. The number of aromatic nitrogens is 3. The molecule has 0 radical (unpaired) electrons. The van der Waals surface area contributed by atoms with E-state index >= 15 is 0 Å². The Labute approximate surface area is 162 Å². The van der Waals surface area contributed by atoms with Gasteiger partial charge in [0.2, 0.25) is 5.95 Å². The molecule has 0 unspecified atom stereocenters. The molecule has 0 bridgehead atoms. The summed E-state index contributed by atoms with van der Waals surface area (Å²) in [6.07, 6.45) is 1.61. The highest BCUT2D eigenvalue weighted by Crippen LogP contribution is 2.20. The summed E-state index contributed by atoms with van der Waals surface area (Å²) in [5, 5.41) is 7.64. The maximum absolute atomic E-state index is 13.1. The lowest BCUT2D eigenvalue weighted by atomic mass is 10.1. The van der Waals surface area contributed by atoms with Crippen LogP contribution in [0.5, 0.6) is 0 Å². The van der Waals surface area contributed by atoms with E-state index in [4.69, 9.17) is 4.42 Å². The lowest BCUT2D eigenvalue weighted by molar-refractivity contribution is 0.0947. The normalized spacial score (nSPS) is 10.8. The molecule has 0 aliphatic carbocycles. The molecule has 0 aliphatic rings. The van der Waals surface area contributed by atoms with Gasteiger partial charge in [0, 0.05) is 11.1 Å². The summed E-state index contributed by atoms with van der Waals surface area (Å²) in [6, 6.07) is 19.0. The molecule has 0 saturated carbocycles. The van der Waals surface area contributed by atoms with Gasteiger partial charge < -0.3 is 9.73 Å². The van der Waals surface area contributed by atoms with Crippen molar-refractivity contribution in [2.45, 2.75) is 20.4 Å². The summed E-state index contributed by atoms with van der Waals surface area (Å²) >= 11 is 0. The zero-order valence-corrected chi connectivity index (χ0v) is 15.7. The average Bonchev–Trinajstić information content (AvgIpc) is 3.36. The van der Waals surface area contributed by atoms with Crippen LogP contribution in [0.15, 0.2) is 71.3 Å². The number of hydrogen-bond acceptors (Lipinski definition) is 5. The van der Waals surface area contributed by atoms with Gasteiger partial charge in [-0.3, -0.25) is 4.79 Å². The molecule has 4 aromatic rings. The fourth-order valence-corrected chi connectivity index (χ4v) is 2.87. The number of benzene rings is 2.